The minimum absolute atomic E-state index is 0.0443. The normalized spacial score (nSPS) is 16.2. The monoisotopic (exact) mass is 547 g/mol. The van der Waals surface area contributed by atoms with Crippen LogP contribution < -0.4 is 5.32 Å². The highest BCUT2D eigenvalue weighted by Crippen LogP contribution is 2.47. The molecule has 5 aromatic rings. The van der Waals surface area contributed by atoms with Gasteiger partial charge in [0.15, 0.2) is 0 Å². The molecule has 2 aromatic heterocycles. The molecule has 2 amide bonds. The Kier molecular flexibility index (Phi) is 7.03. The Morgan fingerprint density at radius 2 is 1.75 bits per heavy atom. The number of nitrogens with zero attached hydrogens (tertiary/aromatic N) is 1. The number of aryl methyl sites for hydroxylation is 1. The molecule has 3 aromatic carbocycles. The molecule has 6 heteroatoms. The lowest BCUT2D eigenvalue weighted by molar-refractivity contribution is -0.128. The number of benzene rings is 3. The predicted molar refractivity (Wildman–Crippen MR) is 162 cm³/mol. The van der Waals surface area contributed by atoms with Gasteiger partial charge >= 0.3 is 0 Å². The van der Waals surface area contributed by atoms with Crippen LogP contribution in [-0.4, -0.2) is 27.7 Å². The second kappa shape index (κ2) is 10.8. The lowest BCUT2D eigenvalue weighted by atomic mass is 9.90. The molecule has 0 saturated heterocycles. The van der Waals surface area contributed by atoms with Gasteiger partial charge in [0.25, 0.3) is 5.91 Å². The summed E-state index contributed by atoms with van der Waals surface area (Å²) in [5.74, 6) is -0.264. The molecule has 0 aliphatic carbocycles. The van der Waals surface area contributed by atoms with Gasteiger partial charge in [0.2, 0.25) is 5.91 Å². The van der Waals surface area contributed by atoms with E-state index in [1.165, 1.54) is 5.56 Å². The van der Waals surface area contributed by atoms with Crippen LogP contribution in [0.5, 0.6) is 0 Å². The van der Waals surface area contributed by atoms with Crippen molar-refractivity contribution in [1.29, 1.82) is 0 Å². The van der Waals surface area contributed by atoms with Gasteiger partial charge in [0.1, 0.15) is 6.04 Å². The summed E-state index contributed by atoms with van der Waals surface area (Å²) in [6, 6.07) is 27.5. The van der Waals surface area contributed by atoms with Crippen molar-refractivity contribution in [3.8, 4) is 11.3 Å². The van der Waals surface area contributed by atoms with Gasteiger partial charge in [-0.2, -0.15) is 0 Å². The molecule has 1 aliphatic rings. The molecule has 2 N–H and O–H groups in total. The van der Waals surface area contributed by atoms with E-state index < -0.39 is 12.1 Å². The number of aromatic nitrogens is 1. The van der Waals surface area contributed by atoms with Gasteiger partial charge in [-0.3, -0.25) is 9.59 Å². The van der Waals surface area contributed by atoms with E-state index in [1.807, 2.05) is 58.8 Å². The Bertz CT molecular complexity index is 1670. The van der Waals surface area contributed by atoms with Crippen LogP contribution >= 0.6 is 11.3 Å². The van der Waals surface area contributed by atoms with Gasteiger partial charge in [-0.15, -0.1) is 11.3 Å². The zero-order chi connectivity index (χ0) is 27.8. The van der Waals surface area contributed by atoms with Gasteiger partial charge in [0, 0.05) is 26.9 Å². The summed E-state index contributed by atoms with van der Waals surface area (Å²) in [5, 5.41) is 6.21. The summed E-state index contributed by atoms with van der Waals surface area (Å²) >= 11 is 1.61. The van der Waals surface area contributed by atoms with Crippen LogP contribution in [0.3, 0.4) is 0 Å². The van der Waals surface area contributed by atoms with Crippen molar-refractivity contribution in [1.82, 2.24) is 15.2 Å². The largest absolute Gasteiger partial charge is 0.354 e. The minimum Gasteiger partial charge on any atom is -0.354 e. The highest BCUT2D eigenvalue weighted by molar-refractivity contribution is 7.09. The van der Waals surface area contributed by atoms with Crippen LogP contribution in [0.4, 0.5) is 0 Å². The molecule has 0 spiro atoms. The summed E-state index contributed by atoms with van der Waals surface area (Å²) in [4.78, 5) is 34.9. The number of rotatable bonds is 8. The van der Waals surface area contributed by atoms with E-state index in [0.717, 1.165) is 44.6 Å². The van der Waals surface area contributed by atoms with Gasteiger partial charge in [-0.25, -0.2) is 0 Å². The molecule has 0 radical (unpaired) electrons. The maximum absolute atomic E-state index is 14.3. The van der Waals surface area contributed by atoms with Gasteiger partial charge < -0.3 is 15.2 Å². The number of thiophene rings is 1. The number of carbonyl (C=O) groups is 2. The number of para-hydroxylation sites is 1. The zero-order valence-corrected chi connectivity index (χ0v) is 23.8. The molecule has 40 heavy (non-hydrogen) atoms. The number of fused-ring (bicyclic) bond motifs is 2. The van der Waals surface area contributed by atoms with Crippen LogP contribution in [0.1, 0.15) is 58.2 Å². The van der Waals surface area contributed by atoms with E-state index in [-0.39, 0.29) is 17.7 Å². The summed E-state index contributed by atoms with van der Waals surface area (Å²) in [6.07, 6.45) is 0.767. The summed E-state index contributed by atoms with van der Waals surface area (Å²) < 4.78 is 0. The number of aromatic amines is 1. The van der Waals surface area contributed by atoms with E-state index in [2.05, 4.69) is 67.5 Å². The van der Waals surface area contributed by atoms with Gasteiger partial charge in [-0.1, -0.05) is 92.6 Å². The number of nitrogens with one attached hydrogen (secondary N) is 2. The fourth-order valence-corrected chi connectivity index (χ4v) is 6.53. The lowest BCUT2D eigenvalue weighted by Crippen LogP contribution is -2.51. The van der Waals surface area contributed by atoms with E-state index in [9.17, 15) is 9.59 Å². The molecular formula is C34H33N3O2S. The van der Waals surface area contributed by atoms with Crippen molar-refractivity contribution in [2.24, 2.45) is 5.92 Å². The quantitative estimate of drug-likeness (QED) is 0.211. The molecular weight excluding hydrogens is 514 g/mol. The van der Waals surface area contributed by atoms with Crippen molar-refractivity contribution >= 4 is 34.1 Å². The molecule has 3 heterocycles. The van der Waals surface area contributed by atoms with Crippen molar-refractivity contribution < 1.29 is 9.59 Å². The topological polar surface area (TPSA) is 65.2 Å². The third-order valence-corrected chi connectivity index (χ3v) is 9.00. The zero-order valence-electron chi connectivity index (χ0n) is 23.0. The number of hydrogen-bond acceptors (Lipinski definition) is 3. The van der Waals surface area contributed by atoms with Crippen LogP contribution in [0.15, 0.2) is 90.3 Å². The van der Waals surface area contributed by atoms with Crippen molar-refractivity contribution in [2.45, 2.75) is 45.8 Å². The van der Waals surface area contributed by atoms with Gasteiger partial charge in [-0.05, 0) is 47.5 Å². The van der Waals surface area contributed by atoms with Gasteiger partial charge in [0.05, 0.1) is 18.3 Å². The SMILES string of the molecule is CCC(C)C(C(=O)NCc1cccs1)N1C(=O)c2ccccc2C1c1c(-c2ccc(C)cc2)[nH]c2ccccc12. The van der Waals surface area contributed by atoms with E-state index in [1.54, 1.807) is 11.3 Å². The van der Waals surface area contributed by atoms with Crippen LogP contribution in [0.2, 0.25) is 0 Å². The molecule has 5 nitrogen and oxygen atoms in total. The fraction of sp³-hybridized carbons (Fsp3) is 0.235. The smallest absolute Gasteiger partial charge is 0.255 e. The molecule has 0 saturated carbocycles. The Hall–Kier alpha value is -4.16. The Balaban J connectivity index is 1.54. The van der Waals surface area contributed by atoms with Crippen LogP contribution in [-0.2, 0) is 11.3 Å². The Morgan fingerprint density at radius 3 is 2.50 bits per heavy atom. The van der Waals surface area contributed by atoms with Crippen molar-refractivity contribution in [3.05, 3.63) is 117 Å². The number of hydrogen-bond donors (Lipinski definition) is 2. The first-order valence-corrected chi connectivity index (χ1v) is 14.7. The number of amides is 2. The highest BCUT2D eigenvalue weighted by atomic mass is 32.1. The minimum atomic E-state index is -0.630. The maximum Gasteiger partial charge on any atom is 0.255 e. The van der Waals surface area contributed by atoms with E-state index in [4.69, 9.17) is 0 Å². The van der Waals surface area contributed by atoms with Crippen LogP contribution in [0.25, 0.3) is 22.2 Å². The summed E-state index contributed by atoms with van der Waals surface area (Å²) in [6.45, 7) is 6.68. The van der Waals surface area contributed by atoms with Crippen molar-refractivity contribution in [2.75, 3.05) is 0 Å². The molecule has 6 rings (SSSR count). The standard InChI is InChI=1S/C34H33N3O2S/c1-4-22(3)31(33(38)35-20-24-10-9-19-40-24)37-32(25-11-5-6-12-26(25)34(37)39)29-27-13-7-8-14-28(27)36-30(29)23-17-15-21(2)16-18-23/h5-19,22,31-32,36H,4,20H2,1-3H3,(H,35,38). The first kappa shape index (κ1) is 26.1. The van der Waals surface area contributed by atoms with Crippen LogP contribution in [0, 0.1) is 12.8 Å². The molecule has 3 unspecified atom stereocenters. The lowest BCUT2D eigenvalue weighted by Gasteiger charge is -2.36. The molecule has 202 valence electrons. The Labute approximate surface area is 238 Å². The van der Waals surface area contributed by atoms with Crippen molar-refractivity contribution in [3.63, 3.8) is 0 Å². The van der Waals surface area contributed by atoms with E-state index >= 15 is 0 Å². The molecule has 0 bridgehead atoms. The predicted octanol–water partition coefficient (Wildman–Crippen LogP) is 7.48. The average Bonchev–Trinajstić information content (AvgIpc) is 3.70. The molecule has 0 fully saturated rings. The third-order valence-electron chi connectivity index (χ3n) is 8.13. The third kappa shape index (κ3) is 4.52. The number of H-pyrrole nitrogens is 1. The second-order valence-corrected chi connectivity index (χ2v) is 11.7. The first-order chi connectivity index (χ1) is 19.5. The summed E-state index contributed by atoms with van der Waals surface area (Å²) in [7, 11) is 0. The fourth-order valence-electron chi connectivity index (χ4n) is 5.89. The maximum atomic E-state index is 14.3. The average molecular weight is 548 g/mol. The summed E-state index contributed by atoms with van der Waals surface area (Å²) in [5.41, 5.74) is 6.84. The molecule has 1 aliphatic heterocycles. The number of carbonyl (C=O) groups excluding carboxylic acids is 2. The molecule has 3 atom stereocenters. The highest BCUT2D eigenvalue weighted by Gasteiger charge is 2.47. The Morgan fingerprint density at radius 1 is 1.00 bits per heavy atom. The first-order valence-electron chi connectivity index (χ1n) is 13.9. The van der Waals surface area contributed by atoms with E-state index in [0.29, 0.717) is 12.1 Å². The second-order valence-electron chi connectivity index (χ2n) is 10.7.